The maximum absolute atomic E-state index is 10.8. The van der Waals surface area contributed by atoms with Gasteiger partial charge in [-0.2, -0.15) is 0 Å². The zero-order chi connectivity index (χ0) is 10.6. The Morgan fingerprint density at radius 3 is 2.86 bits per heavy atom. The van der Waals surface area contributed by atoms with E-state index in [1.807, 2.05) is 4.90 Å². The number of carboxylic acid groups (broad SMARTS) is 1. The number of esters is 1. The molecule has 0 bridgehead atoms. The van der Waals surface area contributed by atoms with Crippen LogP contribution >= 0.6 is 0 Å². The first-order chi connectivity index (χ1) is 6.65. The Bertz CT molecular complexity index is 229. The van der Waals surface area contributed by atoms with E-state index in [0.29, 0.717) is 13.0 Å². The van der Waals surface area contributed by atoms with Gasteiger partial charge in [-0.25, -0.2) is 0 Å². The smallest absolute Gasteiger partial charge is 0.320 e. The van der Waals surface area contributed by atoms with Crippen molar-refractivity contribution in [3.63, 3.8) is 0 Å². The average Bonchev–Trinajstić information content (AvgIpc) is 2.62. The zero-order valence-electron chi connectivity index (χ0n) is 8.23. The second kappa shape index (κ2) is 4.95. The lowest BCUT2D eigenvalue weighted by Crippen LogP contribution is -2.37. The van der Waals surface area contributed by atoms with Gasteiger partial charge in [0.25, 0.3) is 0 Å². The first-order valence-corrected chi connectivity index (χ1v) is 4.69. The van der Waals surface area contributed by atoms with Crippen molar-refractivity contribution in [2.75, 3.05) is 20.2 Å². The fourth-order valence-corrected chi connectivity index (χ4v) is 1.71. The Morgan fingerprint density at radius 2 is 2.29 bits per heavy atom. The van der Waals surface area contributed by atoms with Crippen molar-refractivity contribution < 1.29 is 19.4 Å². The summed E-state index contributed by atoms with van der Waals surface area (Å²) in [6.45, 7) is 1.23. The number of rotatable bonds is 4. The fourth-order valence-electron chi connectivity index (χ4n) is 1.71. The van der Waals surface area contributed by atoms with Crippen LogP contribution in [0, 0.1) is 0 Å². The number of hydrogen-bond donors (Lipinski definition) is 1. The molecule has 1 fully saturated rings. The summed E-state index contributed by atoms with van der Waals surface area (Å²) in [4.78, 5) is 23.4. The number of methoxy groups -OCH3 is 1. The lowest BCUT2D eigenvalue weighted by Gasteiger charge is -2.19. The lowest BCUT2D eigenvalue weighted by atomic mass is 10.2. The molecule has 0 radical (unpaired) electrons. The second-order valence-electron chi connectivity index (χ2n) is 3.36. The Kier molecular flexibility index (Phi) is 3.88. The molecular weight excluding hydrogens is 186 g/mol. The Morgan fingerprint density at radius 1 is 1.57 bits per heavy atom. The van der Waals surface area contributed by atoms with Crippen LogP contribution in [0.5, 0.6) is 0 Å². The molecule has 1 rings (SSSR count). The van der Waals surface area contributed by atoms with Crippen LogP contribution in [0.4, 0.5) is 0 Å². The fraction of sp³-hybridized carbons (Fsp3) is 0.778. The number of carbonyl (C=O) groups is 2. The van der Waals surface area contributed by atoms with Crippen molar-refractivity contribution in [1.82, 2.24) is 4.90 Å². The highest BCUT2D eigenvalue weighted by atomic mass is 16.5. The standard InChI is InChI=1S/C9H15NO4/c1-14-8(11)4-6-10-5-2-3-7(10)9(12)13/h7H,2-6H2,1H3,(H,12,13). The highest BCUT2D eigenvalue weighted by Crippen LogP contribution is 2.17. The number of hydrogen-bond acceptors (Lipinski definition) is 4. The van der Waals surface area contributed by atoms with Crippen LogP contribution < -0.4 is 0 Å². The van der Waals surface area contributed by atoms with E-state index in [9.17, 15) is 9.59 Å². The average molecular weight is 201 g/mol. The quantitative estimate of drug-likeness (QED) is 0.653. The molecule has 1 aliphatic rings. The third-order valence-corrected chi connectivity index (χ3v) is 2.48. The molecule has 0 aromatic rings. The highest BCUT2D eigenvalue weighted by Gasteiger charge is 2.30. The van der Waals surface area contributed by atoms with E-state index in [1.165, 1.54) is 7.11 Å². The van der Waals surface area contributed by atoms with Crippen molar-refractivity contribution in [2.45, 2.75) is 25.3 Å². The van der Waals surface area contributed by atoms with Gasteiger partial charge in [-0.1, -0.05) is 0 Å². The van der Waals surface area contributed by atoms with E-state index in [4.69, 9.17) is 5.11 Å². The Hall–Kier alpha value is -1.10. The molecule has 1 heterocycles. The molecule has 1 N–H and O–H groups in total. The summed E-state index contributed by atoms with van der Waals surface area (Å²) in [6.07, 6.45) is 1.83. The molecule has 0 aromatic heterocycles. The van der Waals surface area contributed by atoms with E-state index in [1.54, 1.807) is 0 Å². The van der Waals surface area contributed by atoms with E-state index in [-0.39, 0.29) is 12.4 Å². The molecule has 0 aliphatic carbocycles. The monoisotopic (exact) mass is 201 g/mol. The van der Waals surface area contributed by atoms with Crippen LogP contribution in [0.25, 0.3) is 0 Å². The Balaban J connectivity index is 2.36. The van der Waals surface area contributed by atoms with Crippen LogP contribution in [0.15, 0.2) is 0 Å². The SMILES string of the molecule is COC(=O)CCN1CCCC1C(=O)O. The van der Waals surface area contributed by atoms with Gasteiger partial charge in [-0.15, -0.1) is 0 Å². The highest BCUT2D eigenvalue weighted by molar-refractivity contribution is 5.74. The van der Waals surface area contributed by atoms with Crippen molar-refractivity contribution in [2.24, 2.45) is 0 Å². The van der Waals surface area contributed by atoms with Crippen molar-refractivity contribution >= 4 is 11.9 Å². The summed E-state index contributed by atoms with van der Waals surface area (Å²) in [6, 6.07) is -0.417. The van der Waals surface area contributed by atoms with Crippen LogP contribution in [0.3, 0.4) is 0 Å². The summed E-state index contributed by atoms with van der Waals surface area (Å²) in [5.74, 6) is -1.09. The minimum Gasteiger partial charge on any atom is -0.480 e. The maximum Gasteiger partial charge on any atom is 0.320 e. The molecule has 5 heteroatoms. The number of carboxylic acids is 1. The molecule has 1 atom stereocenters. The minimum absolute atomic E-state index is 0.264. The number of likely N-dealkylation sites (tertiary alicyclic amines) is 1. The Labute approximate surface area is 82.6 Å². The predicted octanol–water partition coefficient (Wildman–Crippen LogP) is 0.0985. The molecule has 5 nitrogen and oxygen atoms in total. The van der Waals surface area contributed by atoms with Crippen molar-refractivity contribution in [3.8, 4) is 0 Å². The molecule has 14 heavy (non-hydrogen) atoms. The van der Waals surface area contributed by atoms with E-state index in [2.05, 4.69) is 4.74 Å². The predicted molar refractivity (Wildman–Crippen MR) is 48.9 cm³/mol. The zero-order valence-corrected chi connectivity index (χ0v) is 8.23. The largest absolute Gasteiger partial charge is 0.480 e. The third-order valence-electron chi connectivity index (χ3n) is 2.48. The summed E-state index contributed by atoms with van der Waals surface area (Å²) < 4.78 is 4.49. The van der Waals surface area contributed by atoms with Gasteiger partial charge in [0.1, 0.15) is 6.04 Å². The van der Waals surface area contributed by atoms with Crippen molar-refractivity contribution in [3.05, 3.63) is 0 Å². The molecule has 0 spiro atoms. The van der Waals surface area contributed by atoms with Gasteiger partial charge in [0.15, 0.2) is 0 Å². The van der Waals surface area contributed by atoms with Crippen LogP contribution in [-0.4, -0.2) is 48.2 Å². The molecule has 1 unspecified atom stereocenters. The van der Waals surface area contributed by atoms with Gasteiger partial charge in [-0.3, -0.25) is 14.5 Å². The van der Waals surface area contributed by atoms with Gasteiger partial charge in [-0.05, 0) is 19.4 Å². The van der Waals surface area contributed by atoms with Crippen molar-refractivity contribution in [1.29, 1.82) is 0 Å². The molecule has 0 saturated carbocycles. The lowest BCUT2D eigenvalue weighted by molar-refractivity contribution is -0.145. The number of carbonyl (C=O) groups excluding carboxylic acids is 1. The number of nitrogens with zero attached hydrogens (tertiary/aromatic N) is 1. The summed E-state index contributed by atoms with van der Waals surface area (Å²) in [5, 5.41) is 8.85. The maximum atomic E-state index is 10.8. The first-order valence-electron chi connectivity index (χ1n) is 4.69. The van der Waals surface area contributed by atoms with E-state index >= 15 is 0 Å². The van der Waals surface area contributed by atoms with E-state index < -0.39 is 12.0 Å². The topological polar surface area (TPSA) is 66.8 Å². The van der Waals surface area contributed by atoms with Gasteiger partial charge in [0, 0.05) is 6.54 Å². The molecule has 1 saturated heterocycles. The van der Waals surface area contributed by atoms with Gasteiger partial charge in [0.2, 0.25) is 0 Å². The molecule has 1 aliphatic heterocycles. The molecule has 0 amide bonds. The van der Waals surface area contributed by atoms with Crippen LogP contribution in [0.1, 0.15) is 19.3 Å². The van der Waals surface area contributed by atoms with E-state index in [0.717, 1.165) is 13.0 Å². The second-order valence-corrected chi connectivity index (χ2v) is 3.36. The molecular formula is C9H15NO4. The first kappa shape index (κ1) is 11.0. The third kappa shape index (κ3) is 2.70. The number of ether oxygens (including phenoxy) is 1. The van der Waals surface area contributed by atoms with Crippen LogP contribution in [-0.2, 0) is 14.3 Å². The van der Waals surface area contributed by atoms with Gasteiger partial charge in [0.05, 0.1) is 13.5 Å². The number of aliphatic carboxylic acids is 1. The molecule has 0 aromatic carbocycles. The molecule has 80 valence electrons. The van der Waals surface area contributed by atoms with Crippen LogP contribution in [0.2, 0.25) is 0 Å². The summed E-state index contributed by atoms with van der Waals surface area (Å²) >= 11 is 0. The summed E-state index contributed by atoms with van der Waals surface area (Å²) in [5.41, 5.74) is 0. The summed E-state index contributed by atoms with van der Waals surface area (Å²) in [7, 11) is 1.33. The normalized spacial score (nSPS) is 22.2. The van der Waals surface area contributed by atoms with Gasteiger partial charge < -0.3 is 9.84 Å². The van der Waals surface area contributed by atoms with Gasteiger partial charge >= 0.3 is 11.9 Å². The minimum atomic E-state index is -0.799.